The monoisotopic (exact) mass is 548 g/mol. The van der Waals surface area contributed by atoms with Crippen LogP contribution in [-0.2, 0) is 17.0 Å². The Kier molecular flexibility index (Phi) is 10.1. The van der Waals surface area contributed by atoms with E-state index in [1.165, 1.54) is 57.8 Å². The van der Waals surface area contributed by atoms with Crippen molar-refractivity contribution < 1.29 is 17.0 Å². The quantitative estimate of drug-likeness (QED) is 0.248. The van der Waals surface area contributed by atoms with Gasteiger partial charge in [-0.2, -0.15) is 0 Å². The number of nitrogens with zero attached hydrogens (tertiary/aromatic N) is 2. The van der Waals surface area contributed by atoms with Gasteiger partial charge < -0.3 is 12.4 Å². The Bertz CT molecular complexity index is 642. The van der Waals surface area contributed by atoms with Crippen LogP contribution in [0.25, 0.3) is 4.98 Å². The minimum atomic E-state index is -1.62. The topological polar surface area (TPSA) is 17.3 Å². The molecule has 0 amide bonds. The van der Waals surface area contributed by atoms with Crippen LogP contribution in [0.5, 0.6) is 0 Å². The van der Waals surface area contributed by atoms with Crippen LogP contribution in [-0.4, -0.2) is 37.8 Å². The summed E-state index contributed by atoms with van der Waals surface area (Å²) in [6.07, 6.45) is 15.2. The second kappa shape index (κ2) is 11.4. The van der Waals surface area contributed by atoms with Crippen molar-refractivity contribution in [3.63, 3.8) is 0 Å². The van der Waals surface area contributed by atoms with Gasteiger partial charge in [0.1, 0.15) is 0 Å². The Balaban J connectivity index is 0.000000728. The van der Waals surface area contributed by atoms with Crippen molar-refractivity contribution in [2.75, 3.05) is 7.05 Å². The molecule has 1 saturated heterocycles. The molecular weight excluding hydrogens is 499 g/mol. The van der Waals surface area contributed by atoms with Crippen LogP contribution >= 0.6 is 18.6 Å². The van der Waals surface area contributed by atoms with Gasteiger partial charge in [-0.25, -0.2) is 0 Å². The van der Waals surface area contributed by atoms with Gasteiger partial charge in [0, 0.05) is 12.1 Å². The maximum absolute atomic E-state index is 5.62. The third-order valence-corrected chi connectivity index (χ3v) is 14.0. The second-order valence-corrected chi connectivity index (χ2v) is 20.1. The van der Waals surface area contributed by atoms with Crippen LogP contribution in [0.3, 0.4) is 0 Å². The standard InChI is InChI=1S/C26H47N2Si.CH3.2ClH.Ti/c1-26(2,3)27-29(5,6)25-19-13-8-7-11-17(19)20-16-24-21(15-22(20)25)18-12-9-10-14-23(18)28(24)4;;;;/h17-25H,7-16H2,1-6H3;1H3;2*1H;/q2*-1;;;+2/p-2. The Hall–Kier alpha value is 1.43. The number of fused-ring (bicyclic) bond motifs is 6. The second-order valence-electron chi connectivity index (χ2n) is 13.4. The molecule has 1 heterocycles. The van der Waals surface area contributed by atoms with Crippen molar-refractivity contribution in [3.05, 3.63) is 12.4 Å². The number of rotatable bonds is 2. The first-order valence-corrected chi connectivity index (χ1v) is 20.8. The molecule has 5 aliphatic rings. The van der Waals surface area contributed by atoms with Gasteiger partial charge in [0.15, 0.2) is 0 Å². The Morgan fingerprint density at radius 3 is 1.91 bits per heavy atom. The molecule has 0 aromatic heterocycles. The molecule has 0 spiro atoms. The van der Waals surface area contributed by atoms with Crippen LogP contribution in [0, 0.1) is 42.9 Å². The zero-order valence-electron chi connectivity index (χ0n) is 22.4. The number of hydrogen-bond donors (Lipinski definition) is 0. The molecule has 33 heavy (non-hydrogen) atoms. The minimum absolute atomic E-state index is 0. The predicted molar refractivity (Wildman–Crippen MR) is 145 cm³/mol. The van der Waals surface area contributed by atoms with Gasteiger partial charge >= 0.3 is 35.6 Å². The van der Waals surface area contributed by atoms with Crippen molar-refractivity contribution in [2.45, 2.75) is 121 Å². The van der Waals surface area contributed by atoms with Crippen LogP contribution in [0.4, 0.5) is 0 Å². The van der Waals surface area contributed by atoms with Gasteiger partial charge in [-0.05, 0) is 74.7 Å². The average Bonchev–Trinajstić information content (AvgIpc) is 3.19. The summed E-state index contributed by atoms with van der Waals surface area (Å²) < 4.78 is 0. The number of halogens is 2. The summed E-state index contributed by atoms with van der Waals surface area (Å²) in [7, 11) is 10.7. The van der Waals surface area contributed by atoms with E-state index in [9.17, 15) is 0 Å². The normalized spacial score (nSPS) is 42.6. The van der Waals surface area contributed by atoms with Gasteiger partial charge in [0.2, 0.25) is 0 Å². The van der Waals surface area contributed by atoms with Crippen molar-refractivity contribution in [1.82, 2.24) is 4.90 Å². The molecule has 5 fully saturated rings. The summed E-state index contributed by atoms with van der Waals surface area (Å²) in [4.78, 5) is 8.52. The Labute approximate surface area is 223 Å². The van der Waals surface area contributed by atoms with E-state index in [0.717, 1.165) is 53.1 Å². The van der Waals surface area contributed by atoms with E-state index in [2.05, 4.69) is 45.8 Å². The fourth-order valence-corrected chi connectivity index (χ4v) is 14.7. The Morgan fingerprint density at radius 1 is 0.758 bits per heavy atom. The van der Waals surface area contributed by atoms with Crippen molar-refractivity contribution in [3.8, 4) is 0 Å². The molecule has 0 N–H and O–H groups in total. The fraction of sp³-hybridized carbons (Fsp3) is 0.963. The van der Waals surface area contributed by atoms with E-state index in [-0.39, 0.29) is 13.0 Å². The molecule has 0 aromatic rings. The van der Waals surface area contributed by atoms with E-state index in [0.29, 0.717) is 0 Å². The molecule has 4 saturated carbocycles. The molecule has 0 bridgehead atoms. The van der Waals surface area contributed by atoms with E-state index in [4.69, 9.17) is 23.6 Å². The molecule has 192 valence electrons. The summed E-state index contributed by atoms with van der Waals surface area (Å²) in [6.45, 7) is 12.3. The molecule has 2 nitrogen and oxygen atoms in total. The van der Waals surface area contributed by atoms with Crippen LogP contribution in [0.15, 0.2) is 0 Å². The van der Waals surface area contributed by atoms with Gasteiger partial charge in [-0.1, -0.05) is 79.7 Å². The number of hydrogen-bond acceptors (Lipinski definition) is 1. The summed E-state index contributed by atoms with van der Waals surface area (Å²) in [6, 6.07) is 1.83. The molecule has 9 atom stereocenters. The van der Waals surface area contributed by atoms with Gasteiger partial charge in [0.25, 0.3) is 0 Å². The van der Waals surface area contributed by atoms with Gasteiger partial charge in [0.05, 0.1) is 0 Å². The summed E-state index contributed by atoms with van der Waals surface area (Å²) in [5.41, 5.74) is 1.10. The Morgan fingerprint density at radius 2 is 1.30 bits per heavy atom. The molecule has 4 aliphatic carbocycles. The first-order chi connectivity index (χ1) is 15.1. The molecular formula is C27H50Cl2N2SiTi-2. The zero-order valence-corrected chi connectivity index (χ0v) is 26.5. The molecule has 6 heteroatoms. The molecule has 0 aromatic carbocycles. The maximum atomic E-state index is 5.62. The molecule has 9 unspecified atom stereocenters. The number of likely N-dealkylation sites (tertiary alicyclic amines) is 1. The SMILES string of the molecule is CN1C2CCCCC2C2CC3C(CC21)C1CCCCC1C3[Si](C)(C)[N-]C(C)(C)C.[CH3-].[Cl][Ti][Cl]. The van der Waals surface area contributed by atoms with E-state index >= 15 is 0 Å². The van der Waals surface area contributed by atoms with Gasteiger partial charge in [-0.15, -0.1) is 5.54 Å². The van der Waals surface area contributed by atoms with Gasteiger partial charge in [-0.3, -0.25) is 4.90 Å². The zero-order chi connectivity index (χ0) is 23.3. The summed E-state index contributed by atoms with van der Waals surface area (Å²) >= 11 is -0.556. The van der Waals surface area contributed by atoms with E-state index in [1.54, 1.807) is 6.42 Å². The van der Waals surface area contributed by atoms with Crippen molar-refractivity contribution >= 4 is 26.8 Å². The third-order valence-electron chi connectivity index (χ3n) is 10.3. The van der Waals surface area contributed by atoms with Crippen molar-refractivity contribution in [2.24, 2.45) is 35.5 Å². The first-order valence-electron chi connectivity index (χ1n) is 13.5. The van der Waals surface area contributed by atoms with Crippen molar-refractivity contribution in [1.29, 1.82) is 0 Å². The van der Waals surface area contributed by atoms with Crippen LogP contribution in [0.2, 0.25) is 18.6 Å². The summed E-state index contributed by atoms with van der Waals surface area (Å²) in [5.74, 6) is 6.11. The molecule has 0 radical (unpaired) electrons. The summed E-state index contributed by atoms with van der Waals surface area (Å²) in [5, 5.41) is 0. The first kappa shape index (κ1) is 29.0. The van der Waals surface area contributed by atoms with E-state index in [1.807, 2.05) is 0 Å². The molecule has 1 aliphatic heterocycles. The predicted octanol–water partition coefficient (Wildman–Crippen LogP) is 8.90. The fourth-order valence-electron chi connectivity index (χ4n) is 9.97. The third kappa shape index (κ3) is 5.80. The van der Waals surface area contributed by atoms with Crippen LogP contribution < -0.4 is 0 Å². The average molecular weight is 550 g/mol. The van der Waals surface area contributed by atoms with E-state index < -0.39 is 25.3 Å². The van der Waals surface area contributed by atoms with Crippen LogP contribution in [0.1, 0.15) is 85.0 Å². The molecule has 5 rings (SSSR count).